The van der Waals surface area contributed by atoms with Gasteiger partial charge >= 0.3 is 5.97 Å². The molecule has 1 aromatic heterocycles. The number of carbonyl (C=O) groups excluding carboxylic acids is 1. The van der Waals surface area contributed by atoms with Gasteiger partial charge in [-0.15, -0.1) is 0 Å². The molecule has 3 rings (SSSR count). The number of hydrogen-bond acceptors (Lipinski definition) is 5. The van der Waals surface area contributed by atoms with Crippen LogP contribution < -0.4 is 4.74 Å². The highest BCUT2D eigenvalue weighted by Crippen LogP contribution is 2.28. The van der Waals surface area contributed by atoms with Crippen molar-refractivity contribution < 1.29 is 18.9 Å². The standard InChI is InChI=1S/C18H15NO5/c1-3-12-4-9-16-15(10-12)11(2)17(24-16)18(20)23-14-7-5-13(6-8-14)19(21)22/h4-10H,3H2,1-2H3. The van der Waals surface area contributed by atoms with E-state index in [2.05, 4.69) is 6.92 Å². The fraction of sp³-hybridized carbons (Fsp3) is 0.167. The minimum atomic E-state index is -0.629. The van der Waals surface area contributed by atoms with E-state index in [9.17, 15) is 14.9 Å². The molecular weight excluding hydrogens is 310 g/mol. The Morgan fingerprint density at radius 2 is 1.92 bits per heavy atom. The number of non-ortho nitro benzene ring substituents is 1. The van der Waals surface area contributed by atoms with Crippen LogP contribution >= 0.6 is 0 Å². The van der Waals surface area contributed by atoms with Gasteiger partial charge in [0.25, 0.3) is 5.69 Å². The number of esters is 1. The fourth-order valence-corrected chi connectivity index (χ4v) is 2.47. The number of benzene rings is 2. The number of nitro groups is 1. The summed E-state index contributed by atoms with van der Waals surface area (Å²) in [6.45, 7) is 3.86. The maximum Gasteiger partial charge on any atom is 0.379 e. The van der Waals surface area contributed by atoms with Crippen LogP contribution in [0.15, 0.2) is 46.9 Å². The lowest BCUT2D eigenvalue weighted by Crippen LogP contribution is -2.08. The van der Waals surface area contributed by atoms with Crippen LogP contribution in [0.5, 0.6) is 5.75 Å². The van der Waals surface area contributed by atoms with Gasteiger partial charge in [0.15, 0.2) is 0 Å². The number of fused-ring (bicyclic) bond motifs is 1. The first-order valence-electron chi connectivity index (χ1n) is 7.48. The fourth-order valence-electron chi connectivity index (χ4n) is 2.47. The van der Waals surface area contributed by atoms with E-state index in [0.717, 1.165) is 17.4 Å². The average Bonchev–Trinajstić information content (AvgIpc) is 2.91. The van der Waals surface area contributed by atoms with Crippen molar-refractivity contribution in [3.63, 3.8) is 0 Å². The van der Waals surface area contributed by atoms with Crippen molar-refractivity contribution in [3.8, 4) is 5.75 Å². The zero-order valence-corrected chi connectivity index (χ0v) is 13.2. The Morgan fingerprint density at radius 3 is 2.54 bits per heavy atom. The van der Waals surface area contributed by atoms with Crippen molar-refractivity contribution in [2.75, 3.05) is 0 Å². The molecule has 0 aliphatic heterocycles. The highest BCUT2D eigenvalue weighted by atomic mass is 16.6. The smallest absolute Gasteiger partial charge is 0.379 e. The van der Waals surface area contributed by atoms with Gasteiger partial charge in [0.1, 0.15) is 11.3 Å². The Balaban J connectivity index is 1.88. The third-order valence-electron chi connectivity index (χ3n) is 3.85. The molecule has 6 nitrogen and oxygen atoms in total. The third-order valence-corrected chi connectivity index (χ3v) is 3.85. The third kappa shape index (κ3) is 2.86. The van der Waals surface area contributed by atoms with Crippen molar-refractivity contribution in [1.82, 2.24) is 0 Å². The number of furan rings is 1. The van der Waals surface area contributed by atoms with Gasteiger partial charge in [0.05, 0.1) is 4.92 Å². The molecule has 24 heavy (non-hydrogen) atoms. The summed E-state index contributed by atoms with van der Waals surface area (Å²) in [5.41, 5.74) is 2.43. The summed E-state index contributed by atoms with van der Waals surface area (Å²) in [6.07, 6.45) is 0.892. The van der Waals surface area contributed by atoms with Crippen LogP contribution in [-0.4, -0.2) is 10.9 Å². The molecule has 3 aromatic rings. The van der Waals surface area contributed by atoms with Gasteiger partial charge in [0, 0.05) is 23.1 Å². The molecule has 1 heterocycles. The van der Waals surface area contributed by atoms with Crippen LogP contribution in [-0.2, 0) is 6.42 Å². The number of rotatable bonds is 4. The summed E-state index contributed by atoms with van der Waals surface area (Å²) in [7, 11) is 0. The summed E-state index contributed by atoms with van der Waals surface area (Å²) in [6, 6.07) is 11.1. The molecule has 0 aliphatic carbocycles. The molecule has 0 spiro atoms. The Labute approximate surface area is 137 Å². The molecule has 0 unspecified atom stereocenters. The summed E-state index contributed by atoms with van der Waals surface area (Å²) < 4.78 is 10.9. The summed E-state index contributed by atoms with van der Waals surface area (Å²) in [5, 5.41) is 11.5. The van der Waals surface area contributed by atoms with Gasteiger partial charge < -0.3 is 9.15 Å². The Morgan fingerprint density at radius 1 is 1.21 bits per heavy atom. The van der Waals surface area contributed by atoms with E-state index in [-0.39, 0.29) is 17.2 Å². The topological polar surface area (TPSA) is 82.6 Å². The number of ether oxygens (including phenoxy) is 1. The van der Waals surface area contributed by atoms with E-state index in [4.69, 9.17) is 9.15 Å². The Bertz CT molecular complexity index is 924. The maximum absolute atomic E-state index is 12.3. The van der Waals surface area contributed by atoms with Gasteiger partial charge in [-0.1, -0.05) is 13.0 Å². The molecule has 0 amide bonds. The molecule has 0 fully saturated rings. The molecule has 0 atom stereocenters. The molecule has 0 saturated carbocycles. The zero-order valence-electron chi connectivity index (χ0n) is 13.2. The van der Waals surface area contributed by atoms with Crippen LogP contribution in [0.1, 0.15) is 28.6 Å². The summed E-state index contributed by atoms with van der Waals surface area (Å²) in [4.78, 5) is 22.4. The van der Waals surface area contributed by atoms with Crippen LogP contribution in [0.2, 0.25) is 0 Å². The van der Waals surface area contributed by atoms with Crippen molar-refractivity contribution in [3.05, 3.63) is 69.5 Å². The lowest BCUT2D eigenvalue weighted by molar-refractivity contribution is -0.384. The Hall–Kier alpha value is -3.15. The minimum absolute atomic E-state index is 0.0678. The van der Waals surface area contributed by atoms with E-state index < -0.39 is 10.9 Å². The first-order chi connectivity index (χ1) is 11.5. The quantitative estimate of drug-likeness (QED) is 0.307. The number of aryl methyl sites for hydroxylation is 2. The molecule has 0 N–H and O–H groups in total. The molecular formula is C18H15NO5. The van der Waals surface area contributed by atoms with Gasteiger partial charge in [-0.25, -0.2) is 4.79 Å². The van der Waals surface area contributed by atoms with Gasteiger partial charge in [-0.05, 0) is 43.2 Å². The van der Waals surface area contributed by atoms with Crippen LogP contribution in [0.25, 0.3) is 11.0 Å². The van der Waals surface area contributed by atoms with Crippen molar-refractivity contribution in [2.24, 2.45) is 0 Å². The lowest BCUT2D eigenvalue weighted by atomic mass is 10.1. The first-order valence-corrected chi connectivity index (χ1v) is 7.48. The highest BCUT2D eigenvalue weighted by molar-refractivity contribution is 5.97. The van der Waals surface area contributed by atoms with Crippen LogP contribution in [0.3, 0.4) is 0 Å². The van der Waals surface area contributed by atoms with E-state index in [0.29, 0.717) is 11.1 Å². The molecule has 0 bridgehead atoms. The molecule has 0 radical (unpaired) electrons. The molecule has 122 valence electrons. The molecule has 0 aliphatic rings. The number of hydrogen-bond donors (Lipinski definition) is 0. The highest BCUT2D eigenvalue weighted by Gasteiger charge is 2.20. The molecule has 2 aromatic carbocycles. The summed E-state index contributed by atoms with van der Waals surface area (Å²) >= 11 is 0. The van der Waals surface area contributed by atoms with Gasteiger partial charge in [0.2, 0.25) is 5.76 Å². The molecule has 0 saturated heterocycles. The Kier molecular flexibility index (Phi) is 4.04. The van der Waals surface area contributed by atoms with E-state index in [1.807, 2.05) is 18.2 Å². The van der Waals surface area contributed by atoms with Gasteiger partial charge in [-0.2, -0.15) is 0 Å². The zero-order chi connectivity index (χ0) is 17.3. The number of nitrogens with zero attached hydrogens (tertiary/aromatic N) is 1. The maximum atomic E-state index is 12.3. The van der Waals surface area contributed by atoms with E-state index in [1.165, 1.54) is 24.3 Å². The first kappa shape index (κ1) is 15.7. The predicted octanol–water partition coefficient (Wildman–Crippen LogP) is 4.43. The molecule has 6 heteroatoms. The second-order valence-corrected chi connectivity index (χ2v) is 5.38. The predicted molar refractivity (Wildman–Crippen MR) is 88.4 cm³/mol. The van der Waals surface area contributed by atoms with Crippen molar-refractivity contribution >= 4 is 22.6 Å². The van der Waals surface area contributed by atoms with Crippen LogP contribution in [0, 0.1) is 17.0 Å². The van der Waals surface area contributed by atoms with Gasteiger partial charge in [-0.3, -0.25) is 10.1 Å². The monoisotopic (exact) mass is 325 g/mol. The van der Waals surface area contributed by atoms with Crippen molar-refractivity contribution in [2.45, 2.75) is 20.3 Å². The van der Waals surface area contributed by atoms with E-state index in [1.54, 1.807) is 6.92 Å². The van der Waals surface area contributed by atoms with Crippen LogP contribution in [0.4, 0.5) is 5.69 Å². The second kappa shape index (κ2) is 6.16. The normalized spacial score (nSPS) is 10.8. The average molecular weight is 325 g/mol. The SMILES string of the molecule is CCc1ccc2oc(C(=O)Oc3ccc([N+](=O)[O-])cc3)c(C)c2c1. The summed E-state index contributed by atoms with van der Waals surface area (Å²) in [5.74, 6) is -0.271. The largest absolute Gasteiger partial charge is 0.449 e. The lowest BCUT2D eigenvalue weighted by Gasteiger charge is -2.02. The number of carbonyl (C=O) groups is 1. The number of nitro benzene ring substituents is 1. The van der Waals surface area contributed by atoms with E-state index >= 15 is 0 Å². The second-order valence-electron chi connectivity index (χ2n) is 5.38. The minimum Gasteiger partial charge on any atom is -0.449 e. The van der Waals surface area contributed by atoms with Crippen molar-refractivity contribution in [1.29, 1.82) is 0 Å².